The van der Waals surface area contributed by atoms with Gasteiger partial charge in [0.05, 0.1) is 24.4 Å². The Morgan fingerprint density at radius 3 is 2.74 bits per heavy atom. The summed E-state index contributed by atoms with van der Waals surface area (Å²) >= 11 is 0. The van der Waals surface area contributed by atoms with Gasteiger partial charge in [-0.3, -0.25) is 4.79 Å². The summed E-state index contributed by atoms with van der Waals surface area (Å²) in [5.41, 5.74) is 2.09. The number of phenolic OH excluding ortho intramolecular Hbond substituents is 1. The first-order valence-corrected chi connectivity index (χ1v) is 10.6. The first-order chi connectivity index (χ1) is 16.3. The average Bonchev–Trinajstić information content (AvgIpc) is 2.86. The molecule has 1 amide bonds. The van der Waals surface area contributed by atoms with Crippen LogP contribution < -0.4 is 5.32 Å². The van der Waals surface area contributed by atoms with Crippen molar-refractivity contribution in [2.75, 3.05) is 41.1 Å². The van der Waals surface area contributed by atoms with Crippen molar-refractivity contribution in [3.05, 3.63) is 52.2 Å². The van der Waals surface area contributed by atoms with Gasteiger partial charge in [-0.15, -0.1) is 0 Å². The lowest BCUT2D eigenvalue weighted by Crippen LogP contribution is -2.34. The third-order valence-corrected chi connectivity index (χ3v) is 5.31. The van der Waals surface area contributed by atoms with Crippen molar-refractivity contribution in [1.29, 1.82) is 0 Å². The number of aliphatic hydroxyl groups is 1. The summed E-state index contributed by atoms with van der Waals surface area (Å²) in [6.07, 6.45) is 0.639. The number of methoxy groups -OCH3 is 1. The molecule has 3 rings (SSSR count). The van der Waals surface area contributed by atoms with Gasteiger partial charge in [-0.25, -0.2) is 9.37 Å². The molecule has 0 radical (unpaired) electrons. The van der Waals surface area contributed by atoms with Crippen molar-refractivity contribution in [3.8, 4) is 5.75 Å². The van der Waals surface area contributed by atoms with E-state index >= 15 is 0 Å². The van der Waals surface area contributed by atoms with Crippen LogP contribution in [0.25, 0.3) is 17.0 Å². The number of aromatic nitrogens is 1. The van der Waals surface area contributed by atoms with Gasteiger partial charge in [-0.2, -0.15) is 0 Å². The van der Waals surface area contributed by atoms with Crippen LogP contribution in [0.3, 0.4) is 0 Å². The number of amides is 1. The monoisotopic (exact) mass is 473 g/mol. The molecule has 0 aliphatic carbocycles. The summed E-state index contributed by atoms with van der Waals surface area (Å²) < 4.78 is 23.7. The quantitative estimate of drug-likeness (QED) is 0.470. The Morgan fingerprint density at radius 1 is 1.32 bits per heavy atom. The van der Waals surface area contributed by atoms with Gasteiger partial charge in [0.15, 0.2) is 12.5 Å². The molecule has 1 aliphatic heterocycles. The van der Waals surface area contributed by atoms with Crippen molar-refractivity contribution < 1.29 is 33.7 Å². The van der Waals surface area contributed by atoms with Crippen LogP contribution in [0.4, 0.5) is 4.39 Å². The van der Waals surface area contributed by atoms with Gasteiger partial charge in [0.25, 0.3) is 5.91 Å². The van der Waals surface area contributed by atoms with Crippen LogP contribution in [0.2, 0.25) is 0 Å². The third-order valence-electron chi connectivity index (χ3n) is 5.31. The van der Waals surface area contributed by atoms with E-state index in [1.165, 1.54) is 13.2 Å². The number of carbonyl (C=O) groups is 2. The molecule has 0 bridgehead atoms. The third kappa shape index (κ3) is 5.48. The van der Waals surface area contributed by atoms with Crippen molar-refractivity contribution in [1.82, 2.24) is 15.2 Å². The number of nitrogens with zero attached hydrogens (tertiary/aromatic N) is 2. The first kappa shape index (κ1) is 25.4. The minimum Gasteiger partial charge on any atom is -0.508 e. The number of aldehydes is 1. The largest absolute Gasteiger partial charge is 0.508 e. The average molecular weight is 474 g/mol. The number of phenols is 1. The predicted molar refractivity (Wildman–Crippen MR) is 124 cm³/mol. The zero-order valence-electron chi connectivity index (χ0n) is 19.2. The number of halogens is 1. The zero-order chi connectivity index (χ0) is 24.8. The molecule has 0 fully saturated rings. The van der Waals surface area contributed by atoms with Crippen molar-refractivity contribution in [2.24, 2.45) is 0 Å². The summed E-state index contributed by atoms with van der Waals surface area (Å²) in [4.78, 5) is 31.0. The molecule has 1 aromatic heterocycles. The maximum atomic E-state index is 13.1. The number of nitrogens with one attached hydrogen (secondary N) is 1. The van der Waals surface area contributed by atoms with E-state index in [1.807, 2.05) is 19.0 Å². The Balaban J connectivity index is 2.28. The summed E-state index contributed by atoms with van der Waals surface area (Å²) in [7, 11) is 5.10. The van der Waals surface area contributed by atoms with Crippen LogP contribution in [0.15, 0.2) is 35.4 Å². The lowest BCUT2D eigenvalue weighted by atomic mass is 10.0. The number of pyridine rings is 1. The topological polar surface area (TPSA) is 121 Å². The number of hydrogen-bond acceptors (Lipinski definition) is 8. The van der Waals surface area contributed by atoms with Crippen LogP contribution in [-0.2, 0) is 25.6 Å². The van der Waals surface area contributed by atoms with E-state index in [0.29, 0.717) is 40.6 Å². The molecular weight excluding hydrogens is 445 g/mol. The van der Waals surface area contributed by atoms with E-state index in [4.69, 9.17) is 9.47 Å². The smallest absolute Gasteiger partial charge is 0.252 e. The van der Waals surface area contributed by atoms with Crippen molar-refractivity contribution >= 4 is 29.2 Å². The summed E-state index contributed by atoms with van der Waals surface area (Å²) in [5, 5.41) is 24.0. The second-order valence-electron chi connectivity index (χ2n) is 8.02. The number of hydrogen-bond donors (Lipinski definition) is 3. The Hall–Kier alpha value is -3.18. The Kier molecular flexibility index (Phi) is 8.46. The highest BCUT2D eigenvalue weighted by atomic mass is 19.1. The van der Waals surface area contributed by atoms with Gasteiger partial charge in [0.1, 0.15) is 18.5 Å². The molecule has 2 heterocycles. The van der Waals surface area contributed by atoms with Gasteiger partial charge in [-0.1, -0.05) is 6.08 Å². The zero-order valence-corrected chi connectivity index (χ0v) is 19.2. The van der Waals surface area contributed by atoms with Crippen molar-refractivity contribution in [2.45, 2.75) is 18.9 Å². The highest BCUT2D eigenvalue weighted by Gasteiger charge is 2.27. The highest BCUT2D eigenvalue weighted by Crippen LogP contribution is 2.32. The fourth-order valence-electron chi connectivity index (χ4n) is 3.77. The standard InChI is InChI=1S/C24H28FN3O6/c1-28(2)11-17-15-10-16-20(26-19(15)6-7-21(17)30)5-4-14(22(31)12-29)18(13-33-3)23(32)27-24(16)34-9-8-25/h4-7,10,12,22,24,30-31H,8-9,11,13H2,1-3H3,(H,27,32)/b5-4+,18-14+/t22-,24?/m1/s1. The number of alkyl halides is 1. The minimum absolute atomic E-state index is 0.0236. The fraction of sp³-hybridized carbons (Fsp3) is 0.375. The lowest BCUT2D eigenvalue weighted by molar-refractivity contribution is -0.122. The fourth-order valence-corrected chi connectivity index (χ4v) is 3.77. The molecule has 3 N–H and O–H groups in total. The molecule has 1 unspecified atom stereocenters. The van der Waals surface area contributed by atoms with Crippen LogP contribution in [0, 0.1) is 0 Å². The second kappa shape index (κ2) is 11.3. The molecule has 2 atom stereocenters. The number of aromatic hydroxyl groups is 1. The molecule has 182 valence electrons. The number of rotatable bonds is 9. The predicted octanol–water partition coefficient (Wildman–Crippen LogP) is 1.63. The normalized spacial score (nSPS) is 20.3. The molecule has 0 saturated carbocycles. The van der Waals surface area contributed by atoms with E-state index in [0.717, 1.165) is 0 Å². The Labute approximate surface area is 196 Å². The van der Waals surface area contributed by atoms with Crippen LogP contribution >= 0.6 is 0 Å². The first-order valence-electron chi connectivity index (χ1n) is 10.6. The second-order valence-corrected chi connectivity index (χ2v) is 8.02. The van der Waals surface area contributed by atoms with Gasteiger partial charge >= 0.3 is 0 Å². The highest BCUT2D eigenvalue weighted by molar-refractivity contribution is 5.97. The van der Waals surface area contributed by atoms with E-state index in [-0.39, 0.29) is 30.1 Å². The van der Waals surface area contributed by atoms with Gasteiger partial charge < -0.3 is 34.7 Å². The van der Waals surface area contributed by atoms with Gasteiger partial charge in [-0.05, 0) is 43.9 Å². The Morgan fingerprint density at radius 2 is 2.09 bits per heavy atom. The molecule has 34 heavy (non-hydrogen) atoms. The molecule has 1 aromatic carbocycles. The maximum Gasteiger partial charge on any atom is 0.252 e. The van der Waals surface area contributed by atoms with Crippen LogP contribution in [0.5, 0.6) is 5.75 Å². The molecule has 9 nitrogen and oxygen atoms in total. The van der Waals surface area contributed by atoms with Gasteiger partial charge in [0, 0.05) is 35.7 Å². The van der Waals surface area contributed by atoms with Crippen LogP contribution in [0.1, 0.15) is 23.0 Å². The summed E-state index contributed by atoms with van der Waals surface area (Å²) in [6.45, 7) is -0.819. The molecule has 1 aliphatic rings. The molecule has 0 spiro atoms. The molecule has 2 aromatic rings. The van der Waals surface area contributed by atoms with E-state index in [1.54, 1.807) is 24.3 Å². The van der Waals surface area contributed by atoms with Crippen molar-refractivity contribution in [3.63, 3.8) is 0 Å². The lowest BCUT2D eigenvalue weighted by Gasteiger charge is -2.22. The van der Waals surface area contributed by atoms with E-state index in [9.17, 15) is 24.2 Å². The maximum absolute atomic E-state index is 13.1. The number of carbonyl (C=O) groups excluding carboxylic acids is 2. The van der Waals surface area contributed by atoms with Crippen LogP contribution in [-0.4, -0.2) is 79.5 Å². The van der Waals surface area contributed by atoms with E-state index < -0.39 is 24.9 Å². The molecule has 10 heteroatoms. The number of fused-ring (bicyclic) bond motifs is 2. The molecule has 0 saturated heterocycles. The van der Waals surface area contributed by atoms with E-state index in [2.05, 4.69) is 10.3 Å². The summed E-state index contributed by atoms with van der Waals surface area (Å²) in [5.74, 6) is -0.559. The summed E-state index contributed by atoms with van der Waals surface area (Å²) in [6, 6.07) is 4.95. The van der Waals surface area contributed by atoms with Gasteiger partial charge in [0.2, 0.25) is 0 Å². The SMILES string of the molecule is COC/C1=C([C@H](O)C=O)/C=C/c2nc3ccc(O)c(CN(C)C)c3cc2C(OCCF)NC1=O. The minimum atomic E-state index is -1.57. The number of benzene rings is 1. The number of ether oxygens (including phenoxy) is 2. The number of aliphatic hydroxyl groups excluding tert-OH is 1. The Bertz CT molecular complexity index is 1130. The molecular formula is C24H28FN3O6.